The number of ether oxygens (including phenoxy) is 2. The third-order valence-corrected chi connectivity index (χ3v) is 5.54. The number of aromatic nitrogens is 1. The van der Waals surface area contributed by atoms with E-state index >= 15 is 0 Å². The average Bonchev–Trinajstić information content (AvgIpc) is 2.71. The zero-order valence-electron chi connectivity index (χ0n) is 16.0. The third kappa shape index (κ3) is 4.13. The quantitative estimate of drug-likeness (QED) is 0.820. The molecule has 2 saturated heterocycles. The van der Waals surface area contributed by atoms with Gasteiger partial charge < -0.3 is 14.6 Å². The lowest BCUT2D eigenvalue weighted by Gasteiger charge is -2.50. The molecule has 3 heterocycles. The number of nitrogens with zero attached hydrogens (tertiary/aromatic N) is 2. The summed E-state index contributed by atoms with van der Waals surface area (Å²) in [5.74, 6) is 0. The fraction of sp³-hybridized carbons (Fsp3) is 0.429. The lowest BCUT2D eigenvalue weighted by molar-refractivity contribution is -0.141. The Morgan fingerprint density at radius 3 is 2.40 bits per heavy atom. The minimum Gasteiger partial charge on any atom is -0.445 e. The normalized spacial score (nSPS) is 26.3. The maximum Gasteiger partial charge on any atom is 0.417 e. The minimum absolute atomic E-state index is 0.0995. The van der Waals surface area contributed by atoms with Crippen molar-refractivity contribution in [3.63, 3.8) is 0 Å². The largest absolute Gasteiger partial charge is 0.445 e. The van der Waals surface area contributed by atoms with Crippen molar-refractivity contribution in [1.82, 2.24) is 9.88 Å². The molecule has 6 nitrogen and oxygen atoms in total. The Hall–Kier alpha value is -2.65. The lowest BCUT2D eigenvalue weighted by atomic mass is 9.79. The molecule has 0 radical (unpaired) electrons. The maximum absolute atomic E-state index is 12.8. The van der Waals surface area contributed by atoms with E-state index in [2.05, 4.69) is 4.98 Å². The SMILES string of the molecule is O=C(OCc1ccccc1)N1C2COCC1CC(O)(c1ccc(C(F)(F)F)cn1)C2. The van der Waals surface area contributed by atoms with Crippen molar-refractivity contribution in [2.75, 3.05) is 13.2 Å². The van der Waals surface area contributed by atoms with Crippen LogP contribution in [0, 0.1) is 0 Å². The Balaban J connectivity index is 1.48. The molecule has 4 rings (SSSR count). The van der Waals surface area contributed by atoms with Crippen molar-refractivity contribution in [3.05, 3.63) is 65.5 Å². The molecule has 30 heavy (non-hydrogen) atoms. The number of amides is 1. The number of fused-ring (bicyclic) bond motifs is 2. The number of halogens is 3. The summed E-state index contributed by atoms with van der Waals surface area (Å²) >= 11 is 0. The number of piperidine rings is 1. The molecule has 0 aliphatic carbocycles. The van der Waals surface area contributed by atoms with E-state index in [0.29, 0.717) is 0 Å². The van der Waals surface area contributed by atoms with E-state index in [1.165, 1.54) is 6.07 Å². The first-order chi connectivity index (χ1) is 14.3. The zero-order chi connectivity index (χ0) is 21.4. The number of aliphatic hydroxyl groups is 1. The molecule has 2 unspecified atom stereocenters. The van der Waals surface area contributed by atoms with Crippen molar-refractivity contribution < 1.29 is 32.5 Å². The fourth-order valence-corrected chi connectivity index (χ4v) is 4.11. The number of hydrogen-bond acceptors (Lipinski definition) is 5. The van der Waals surface area contributed by atoms with Gasteiger partial charge in [-0.15, -0.1) is 0 Å². The van der Waals surface area contributed by atoms with Crippen LogP contribution in [-0.4, -0.2) is 46.4 Å². The average molecular weight is 422 g/mol. The van der Waals surface area contributed by atoms with Gasteiger partial charge in [-0.25, -0.2) is 4.79 Å². The molecule has 160 valence electrons. The molecule has 2 aliphatic rings. The van der Waals surface area contributed by atoms with E-state index in [1.54, 1.807) is 4.90 Å². The summed E-state index contributed by atoms with van der Waals surface area (Å²) in [4.78, 5) is 18.2. The third-order valence-electron chi connectivity index (χ3n) is 5.54. The van der Waals surface area contributed by atoms with Gasteiger partial charge in [-0.2, -0.15) is 13.2 Å². The van der Waals surface area contributed by atoms with Gasteiger partial charge in [0, 0.05) is 19.0 Å². The summed E-state index contributed by atoms with van der Waals surface area (Å²) in [7, 11) is 0. The van der Waals surface area contributed by atoms with Crippen LogP contribution in [0.1, 0.15) is 29.7 Å². The highest BCUT2D eigenvalue weighted by atomic mass is 19.4. The van der Waals surface area contributed by atoms with Crippen LogP contribution in [-0.2, 0) is 27.9 Å². The van der Waals surface area contributed by atoms with Gasteiger partial charge in [0.15, 0.2) is 0 Å². The number of morpholine rings is 1. The Labute approximate surface area is 171 Å². The highest BCUT2D eigenvalue weighted by Crippen LogP contribution is 2.41. The summed E-state index contributed by atoms with van der Waals surface area (Å²) in [6.45, 7) is 0.543. The van der Waals surface area contributed by atoms with Crippen LogP contribution in [0.25, 0.3) is 0 Å². The second kappa shape index (κ2) is 7.88. The molecular formula is C21H21F3N2O4. The lowest BCUT2D eigenvalue weighted by Crippen LogP contribution is -2.62. The molecule has 0 saturated carbocycles. The topological polar surface area (TPSA) is 71.9 Å². The fourth-order valence-electron chi connectivity index (χ4n) is 4.11. The monoisotopic (exact) mass is 422 g/mol. The molecule has 1 amide bonds. The molecule has 2 bridgehead atoms. The summed E-state index contributed by atoms with van der Waals surface area (Å²) in [6.07, 6.45) is -4.07. The smallest absolute Gasteiger partial charge is 0.417 e. The van der Waals surface area contributed by atoms with Gasteiger partial charge >= 0.3 is 12.3 Å². The first-order valence-corrected chi connectivity index (χ1v) is 9.59. The van der Waals surface area contributed by atoms with E-state index < -0.39 is 35.5 Å². The first kappa shape index (κ1) is 20.6. The van der Waals surface area contributed by atoms with E-state index in [0.717, 1.165) is 17.8 Å². The van der Waals surface area contributed by atoms with Gasteiger partial charge in [0.05, 0.1) is 36.6 Å². The van der Waals surface area contributed by atoms with Crippen LogP contribution in [0.15, 0.2) is 48.7 Å². The number of alkyl halides is 3. The molecule has 2 aliphatic heterocycles. The molecule has 1 aromatic carbocycles. The number of rotatable bonds is 3. The predicted molar refractivity (Wildman–Crippen MR) is 99.2 cm³/mol. The summed E-state index contributed by atoms with van der Waals surface area (Å²) in [5, 5.41) is 11.2. The maximum atomic E-state index is 12.8. The van der Waals surface area contributed by atoms with E-state index in [4.69, 9.17) is 9.47 Å². The number of carbonyl (C=O) groups is 1. The number of pyridine rings is 1. The van der Waals surface area contributed by atoms with Crippen molar-refractivity contribution in [2.24, 2.45) is 0 Å². The van der Waals surface area contributed by atoms with Crippen LogP contribution in [0.4, 0.5) is 18.0 Å². The van der Waals surface area contributed by atoms with Gasteiger partial charge in [0.2, 0.25) is 0 Å². The zero-order valence-corrected chi connectivity index (χ0v) is 16.0. The van der Waals surface area contributed by atoms with Crippen LogP contribution < -0.4 is 0 Å². The summed E-state index contributed by atoms with van der Waals surface area (Å²) in [6, 6.07) is 10.5. The Morgan fingerprint density at radius 1 is 1.17 bits per heavy atom. The van der Waals surface area contributed by atoms with Crippen molar-refractivity contribution in [3.8, 4) is 0 Å². The highest BCUT2D eigenvalue weighted by Gasteiger charge is 2.50. The van der Waals surface area contributed by atoms with E-state index in [-0.39, 0.29) is 38.4 Å². The molecule has 0 spiro atoms. The summed E-state index contributed by atoms with van der Waals surface area (Å²) in [5.41, 5.74) is -1.31. The van der Waals surface area contributed by atoms with Crippen LogP contribution in [0.2, 0.25) is 0 Å². The van der Waals surface area contributed by atoms with Crippen LogP contribution in [0.3, 0.4) is 0 Å². The number of hydrogen-bond donors (Lipinski definition) is 1. The van der Waals surface area contributed by atoms with Crippen molar-refractivity contribution in [2.45, 2.75) is 43.3 Å². The van der Waals surface area contributed by atoms with Gasteiger partial charge in [-0.05, 0) is 17.7 Å². The Bertz CT molecular complexity index is 875. The van der Waals surface area contributed by atoms with E-state index in [9.17, 15) is 23.1 Å². The number of benzene rings is 1. The van der Waals surface area contributed by atoms with Gasteiger partial charge in [0.25, 0.3) is 0 Å². The van der Waals surface area contributed by atoms with Gasteiger partial charge in [-0.3, -0.25) is 9.88 Å². The van der Waals surface area contributed by atoms with Crippen LogP contribution in [0.5, 0.6) is 0 Å². The molecule has 9 heteroatoms. The Kier molecular flexibility index (Phi) is 5.42. The molecule has 2 aromatic rings. The molecule has 2 fully saturated rings. The summed E-state index contributed by atoms with van der Waals surface area (Å²) < 4.78 is 49.4. The molecular weight excluding hydrogens is 401 g/mol. The first-order valence-electron chi connectivity index (χ1n) is 9.59. The van der Waals surface area contributed by atoms with Crippen molar-refractivity contribution in [1.29, 1.82) is 0 Å². The van der Waals surface area contributed by atoms with E-state index in [1.807, 2.05) is 30.3 Å². The Morgan fingerprint density at radius 2 is 1.83 bits per heavy atom. The van der Waals surface area contributed by atoms with Gasteiger partial charge in [-0.1, -0.05) is 30.3 Å². The minimum atomic E-state index is -4.50. The second-order valence-electron chi connectivity index (χ2n) is 7.66. The molecule has 1 N–H and O–H groups in total. The van der Waals surface area contributed by atoms with Gasteiger partial charge in [0.1, 0.15) is 12.2 Å². The highest BCUT2D eigenvalue weighted by molar-refractivity contribution is 5.69. The number of carbonyl (C=O) groups excluding carboxylic acids is 1. The molecule has 2 atom stereocenters. The second-order valence-corrected chi connectivity index (χ2v) is 7.66. The predicted octanol–water partition coefficient (Wildman–Crippen LogP) is 3.49. The molecule has 1 aromatic heterocycles. The standard InChI is InChI=1S/C21H21F3N2O4/c22-21(23,24)15-6-7-18(25-10-15)20(28)8-16-12-29-13-17(9-20)26(16)19(27)30-11-14-4-2-1-3-5-14/h1-7,10,16-17,28H,8-9,11-13H2. The van der Waals surface area contributed by atoms with Crippen LogP contribution >= 0.6 is 0 Å². The van der Waals surface area contributed by atoms with Crippen molar-refractivity contribution >= 4 is 6.09 Å².